The van der Waals surface area contributed by atoms with E-state index in [1.807, 2.05) is 4.90 Å². The molecule has 0 spiro atoms. The van der Waals surface area contributed by atoms with Crippen LogP contribution in [0.4, 0.5) is 0 Å². The molecule has 2 aliphatic rings. The zero-order valence-electron chi connectivity index (χ0n) is 11.5. The summed E-state index contributed by atoms with van der Waals surface area (Å²) in [6, 6.07) is 2.70. The number of hydrogen-bond donors (Lipinski definition) is 0. The van der Waals surface area contributed by atoms with Gasteiger partial charge in [0.15, 0.2) is 0 Å². The van der Waals surface area contributed by atoms with Gasteiger partial charge in [-0.3, -0.25) is 4.79 Å². The van der Waals surface area contributed by atoms with Gasteiger partial charge in [0.2, 0.25) is 5.91 Å². The lowest BCUT2D eigenvalue weighted by Crippen LogP contribution is -2.49. The first-order chi connectivity index (χ1) is 8.69. The van der Waals surface area contributed by atoms with Crippen LogP contribution in [0.2, 0.25) is 0 Å². The van der Waals surface area contributed by atoms with Crippen LogP contribution < -0.4 is 0 Å². The topological polar surface area (TPSA) is 44.1 Å². The fourth-order valence-electron chi connectivity index (χ4n) is 3.38. The average molecular weight is 248 g/mol. The molecular weight excluding hydrogens is 224 g/mol. The molecule has 1 aliphatic carbocycles. The van der Waals surface area contributed by atoms with E-state index in [9.17, 15) is 10.1 Å². The Morgan fingerprint density at radius 1 is 1.17 bits per heavy atom. The minimum Gasteiger partial charge on any atom is -0.339 e. The van der Waals surface area contributed by atoms with Gasteiger partial charge in [0.25, 0.3) is 0 Å². The molecule has 0 aromatic carbocycles. The van der Waals surface area contributed by atoms with Gasteiger partial charge in [0.1, 0.15) is 5.41 Å². The lowest BCUT2D eigenvalue weighted by atomic mass is 9.79. The van der Waals surface area contributed by atoms with Crippen molar-refractivity contribution in [3.8, 4) is 6.07 Å². The van der Waals surface area contributed by atoms with Crippen LogP contribution in [-0.2, 0) is 4.79 Å². The third-order valence-corrected chi connectivity index (χ3v) is 4.64. The summed E-state index contributed by atoms with van der Waals surface area (Å²) in [4.78, 5) is 14.8. The summed E-state index contributed by atoms with van der Waals surface area (Å²) in [5, 5.41) is 9.56. The smallest absolute Gasteiger partial charge is 0.243 e. The van der Waals surface area contributed by atoms with Crippen molar-refractivity contribution in [3.63, 3.8) is 0 Å². The molecule has 2 fully saturated rings. The zero-order valence-corrected chi connectivity index (χ0v) is 11.5. The SMILES string of the molecule is CC1CCCCN1C(=O)C1(C#N)CCCCCC1. The van der Waals surface area contributed by atoms with Gasteiger partial charge in [-0.1, -0.05) is 25.7 Å². The Hall–Kier alpha value is -1.04. The Kier molecular flexibility index (Phi) is 4.27. The predicted octanol–water partition coefficient (Wildman–Crippen LogP) is 3.25. The number of amides is 1. The summed E-state index contributed by atoms with van der Waals surface area (Å²) in [6.07, 6.45) is 9.34. The van der Waals surface area contributed by atoms with Gasteiger partial charge < -0.3 is 4.90 Å². The maximum atomic E-state index is 12.8. The maximum absolute atomic E-state index is 12.8. The number of likely N-dealkylation sites (tertiary alicyclic amines) is 1. The molecule has 0 aromatic rings. The molecule has 1 saturated carbocycles. The standard InChI is InChI=1S/C15H24N2O/c1-13-8-4-7-11-17(13)14(18)15(12-16)9-5-2-3-6-10-15/h13H,2-11H2,1H3. The highest BCUT2D eigenvalue weighted by molar-refractivity contribution is 5.85. The van der Waals surface area contributed by atoms with Gasteiger partial charge in [-0.15, -0.1) is 0 Å². The fourth-order valence-corrected chi connectivity index (χ4v) is 3.38. The highest BCUT2D eigenvalue weighted by atomic mass is 16.2. The Bertz CT molecular complexity index is 337. The van der Waals surface area contributed by atoms with Gasteiger partial charge >= 0.3 is 0 Å². The minimum atomic E-state index is -0.706. The Morgan fingerprint density at radius 3 is 2.39 bits per heavy atom. The largest absolute Gasteiger partial charge is 0.339 e. The quantitative estimate of drug-likeness (QED) is 0.669. The van der Waals surface area contributed by atoms with Crippen molar-refractivity contribution >= 4 is 5.91 Å². The van der Waals surface area contributed by atoms with Gasteiger partial charge in [0.05, 0.1) is 6.07 Å². The third-order valence-electron chi connectivity index (χ3n) is 4.64. The van der Waals surface area contributed by atoms with Crippen molar-refractivity contribution in [2.24, 2.45) is 5.41 Å². The van der Waals surface area contributed by atoms with Crippen molar-refractivity contribution in [2.75, 3.05) is 6.54 Å². The number of carbonyl (C=O) groups excluding carboxylic acids is 1. The van der Waals surface area contributed by atoms with Crippen LogP contribution in [0, 0.1) is 16.7 Å². The lowest BCUT2D eigenvalue weighted by Gasteiger charge is -2.38. The van der Waals surface area contributed by atoms with Gasteiger partial charge in [-0.2, -0.15) is 5.26 Å². The summed E-state index contributed by atoms with van der Waals surface area (Å²) in [6.45, 7) is 2.97. The number of nitriles is 1. The summed E-state index contributed by atoms with van der Waals surface area (Å²) >= 11 is 0. The molecule has 1 saturated heterocycles. The van der Waals surface area contributed by atoms with E-state index in [-0.39, 0.29) is 5.91 Å². The van der Waals surface area contributed by atoms with Crippen LogP contribution in [0.5, 0.6) is 0 Å². The van der Waals surface area contributed by atoms with E-state index in [2.05, 4.69) is 13.0 Å². The molecule has 0 aromatic heterocycles. The molecule has 18 heavy (non-hydrogen) atoms. The van der Waals surface area contributed by atoms with E-state index in [4.69, 9.17) is 0 Å². The number of piperidine rings is 1. The molecule has 3 nitrogen and oxygen atoms in total. The van der Waals surface area contributed by atoms with Gasteiger partial charge in [0, 0.05) is 12.6 Å². The van der Waals surface area contributed by atoms with E-state index in [1.54, 1.807) is 0 Å². The number of rotatable bonds is 1. The van der Waals surface area contributed by atoms with Crippen molar-refractivity contribution in [2.45, 2.75) is 70.8 Å². The van der Waals surface area contributed by atoms with Crippen LogP contribution in [0.3, 0.4) is 0 Å². The summed E-state index contributed by atoms with van der Waals surface area (Å²) in [5.41, 5.74) is -0.706. The molecule has 0 radical (unpaired) electrons. The molecular formula is C15H24N2O. The van der Waals surface area contributed by atoms with Crippen LogP contribution >= 0.6 is 0 Å². The highest BCUT2D eigenvalue weighted by Gasteiger charge is 2.43. The summed E-state index contributed by atoms with van der Waals surface area (Å²) in [7, 11) is 0. The Balaban J connectivity index is 2.15. The molecule has 100 valence electrons. The number of nitrogens with zero attached hydrogens (tertiary/aromatic N) is 2. The number of hydrogen-bond acceptors (Lipinski definition) is 2. The second-order valence-corrected chi connectivity index (χ2v) is 5.95. The zero-order chi connectivity index (χ0) is 13.0. The molecule has 3 heteroatoms. The molecule has 1 aliphatic heterocycles. The maximum Gasteiger partial charge on any atom is 0.243 e. The van der Waals surface area contributed by atoms with E-state index in [0.29, 0.717) is 6.04 Å². The third kappa shape index (κ3) is 2.53. The summed E-state index contributed by atoms with van der Waals surface area (Å²) in [5.74, 6) is 0.124. The normalized spacial score (nSPS) is 28.2. The van der Waals surface area contributed by atoms with Crippen molar-refractivity contribution in [1.29, 1.82) is 5.26 Å². The minimum absolute atomic E-state index is 0.124. The monoisotopic (exact) mass is 248 g/mol. The Labute approximate surface area is 110 Å². The number of carbonyl (C=O) groups is 1. The van der Waals surface area contributed by atoms with Gasteiger partial charge in [-0.25, -0.2) is 0 Å². The van der Waals surface area contributed by atoms with Crippen LogP contribution in [0.25, 0.3) is 0 Å². The van der Waals surface area contributed by atoms with E-state index < -0.39 is 5.41 Å². The second-order valence-electron chi connectivity index (χ2n) is 5.95. The second kappa shape index (κ2) is 5.73. The molecule has 0 bridgehead atoms. The van der Waals surface area contributed by atoms with Crippen molar-refractivity contribution in [3.05, 3.63) is 0 Å². The van der Waals surface area contributed by atoms with E-state index in [1.165, 1.54) is 19.3 Å². The molecule has 2 rings (SSSR count). The van der Waals surface area contributed by atoms with Crippen LogP contribution in [-0.4, -0.2) is 23.4 Å². The van der Waals surface area contributed by atoms with Crippen molar-refractivity contribution in [1.82, 2.24) is 4.90 Å². The van der Waals surface area contributed by atoms with Crippen LogP contribution in [0.1, 0.15) is 64.7 Å². The first kappa shape index (κ1) is 13.4. The van der Waals surface area contributed by atoms with Crippen LogP contribution in [0.15, 0.2) is 0 Å². The molecule has 1 amide bonds. The first-order valence-electron chi connectivity index (χ1n) is 7.42. The average Bonchev–Trinajstić information content (AvgIpc) is 2.65. The Morgan fingerprint density at radius 2 is 1.83 bits per heavy atom. The molecule has 1 atom stereocenters. The van der Waals surface area contributed by atoms with E-state index >= 15 is 0 Å². The predicted molar refractivity (Wildman–Crippen MR) is 70.8 cm³/mol. The fraction of sp³-hybridized carbons (Fsp3) is 0.867. The summed E-state index contributed by atoms with van der Waals surface area (Å²) < 4.78 is 0. The molecule has 1 unspecified atom stereocenters. The van der Waals surface area contributed by atoms with Gasteiger partial charge in [-0.05, 0) is 39.0 Å². The molecule has 0 N–H and O–H groups in total. The van der Waals surface area contributed by atoms with Crippen molar-refractivity contribution < 1.29 is 4.79 Å². The lowest BCUT2D eigenvalue weighted by molar-refractivity contribution is -0.143. The first-order valence-corrected chi connectivity index (χ1v) is 7.42. The molecule has 1 heterocycles. The van der Waals surface area contributed by atoms with E-state index in [0.717, 1.165) is 45.1 Å². The highest BCUT2D eigenvalue weighted by Crippen LogP contribution is 2.37.